The number of benzene rings is 1. The highest BCUT2D eigenvalue weighted by atomic mass is 32.1. The standard InChI is InChI=1S/C18H24N2OS/c1-4-20(13-14(2)3)18(21)12-8-7-11-17-19-15-9-5-6-10-16(15)22-17/h5-6,9-10H,2,4,7-8,11-13H2,1,3H3. The number of rotatable bonds is 8. The van der Waals surface area contributed by atoms with Crippen molar-refractivity contribution in [3.05, 3.63) is 41.4 Å². The number of nitrogens with zero attached hydrogens (tertiary/aromatic N) is 2. The highest BCUT2D eigenvalue weighted by Crippen LogP contribution is 2.22. The van der Waals surface area contributed by atoms with Gasteiger partial charge in [0.25, 0.3) is 0 Å². The average Bonchev–Trinajstić information content (AvgIpc) is 2.91. The molecule has 0 unspecified atom stereocenters. The van der Waals surface area contributed by atoms with E-state index in [-0.39, 0.29) is 5.91 Å². The highest BCUT2D eigenvalue weighted by Gasteiger charge is 2.11. The molecule has 3 nitrogen and oxygen atoms in total. The van der Waals surface area contributed by atoms with E-state index in [4.69, 9.17) is 0 Å². The van der Waals surface area contributed by atoms with Crippen molar-refractivity contribution in [1.29, 1.82) is 0 Å². The van der Waals surface area contributed by atoms with Crippen molar-refractivity contribution < 1.29 is 4.79 Å². The van der Waals surface area contributed by atoms with Gasteiger partial charge in [0.2, 0.25) is 5.91 Å². The van der Waals surface area contributed by atoms with Gasteiger partial charge in [0.1, 0.15) is 0 Å². The third-order valence-electron chi connectivity index (χ3n) is 3.56. The van der Waals surface area contributed by atoms with Gasteiger partial charge in [0.15, 0.2) is 0 Å². The Bertz CT molecular complexity index is 614. The number of fused-ring (bicyclic) bond motifs is 1. The van der Waals surface area contributed by atoms with Crippen LogP contribution in [0.1, 0.15) is 38.1 Å². The minimum atomic E-state index is 0.231. The number of hydrogen-bond donors (Lipinski definition) is 0. The predicted molar refractivity (Wildman–Crippen MR) is 94.2 cm³/mol. The minimum absolute atomic E-state index is 0.231. The molecular weight excluding hydrogens is 292 g/mol. The summed E-state index contributed by atoms with van der Waals surface area (Å²) in [6.07, 6.45) is 3.50. The van der Waals surface area contributed by atoms with Crippen LogP contribution in [0.25, 0.3) is 10.2 Å². The van der Waals surface area contributed by atoms with E-state index in [2.05, 4.69) is 23.7 Å². The summed E-state index contributed by atoms with van der Waals surface area (Å²) < 4.78 is 1.24. The lowest BCUT2D eigenvalue weighted by Gasteiger charge is -2.20. The first-order chi connectivity index (χ1) is 10.6. The molecule has 1 aromatic carbocycles. The molecule has 0 atom stereocenters. The number of aryl methyl sites for hydroxylation is 1. The van der Waals surface area contributed by atoms with Gasteiger partial charge in [-0.1, -0.05) is 24.3 Å². The largest absolute Gasteiger partial charge is 0.339 e. The Morgan fingerprint density at radius 3 is 2.77 bits per heavy atom. The van der Waals surface area contributed by atoms with E-state index >= 15 is 0 Å². The Morgan fingerprint density at radius 2 is 2.09 bits per heavy atom. The van der Waals surface area contributed by atoms with Gasteiger partial charge >= 0.3 is 0 Å². The van der Waals surface area contributed by atoms with Crippen molar-refractivity contribution in [3.63, 3.8) is 0 Å². The van der Waals surface area contributed by atoms with Crippen molar-refractivity contribution in [3.8, 4) is 0 Å². The van der Waals surface area contributed by atoms with Crippen LogP contribution in [-0.4, -0.2) is 28.9 Å². The number of aromatic nitrogens is 1. The maximum atomic E-state index is 12.1. The second-order valence-corrected chi connectivity index (χ2v) is 6.76. The zero-order valence-electron chi connectivity index (χ0n) is 13.5. The monoisotopic (exact) mass is 316 g/mol. The van der Waals surface area contributed by atoms with Gasteiger partial charge in [-0.2, -0.15) is 0 Å². The zero-order valence-corrected chi connectivity index (χ0v) is 14.3. The van der Waals surface area contributed by atoms with Crippen molar-refractivity contribution in [1.82, 2.24) is 9.88 Å². The molecule has 0 fully saturated rings. The summed E-state index contributed by atoms with van der Waals surface area (Å²) in [4.78, 5) is 18.6. The first-order valence-electron chi connectivity index (χ1n) is 7.86. The SMILES string of the molecule is C=C(C)CN(CC)C(=O)CCCCc1nc2ccccc2s1. The second-order valence-electron chi connectivity index (χ2n) is 5.65. The van der Waals surface area contributed by atoms with Crippen LogP contribution in [0.2, 0.25) is 0 Å². The van der Waals surface area contributed by atoms with E-state index in [1.807, 2.05) is 30.9 Å². The molecule has 0 saturated heterocycles. The summed E-state index contributed by atoms with van der Waals surface area (Å²) in [6.45, 7) is 9.29. The second kappa shape index (κ2) is 8.08. The van der Waals surface area contributed by atoms with Crippen LogP contribution in [0.4, 0.5) is 0 Å². The van der Waals surface area contributed by atoms with Crippen LogP contribution in [0, 0.1) is 0 Å². The highest BCUT2D eigenvalue weighted by molar-refractivity contribution is 7.18. The van der Waals surface area contributed by atoms with Gasteiger partial charge < -0.3 is 4.90 Å². The molecule has 0 radical (unpaired) electrons. The molecule has 0 saturated carbocycles. The molecule has 22 heavy (non-hydrogen) atoms. The van der Waals surface area contributed by atoms with E-state index in [0.29, 0.717) is 13.0 Å². The first kappa shape index (κ1) is 16.7. The molecule has 2 rings (SSSR count). The lowest BCUT2D eigenvalue weighted by molar-refractivity contribution is -0.130. The third kappa shape index (κ3) is 4.67. The van der Waals surface area contributed by atoms with Crippen molar-refractivity contribution >= 4 is 27.5 Å². The van der Waals surface area contributed by atoms with E-state index in [0.717, 1.165) is 36.9 Å². The van der Waals surface area contributed by atoms with Gasteiger partial charge in [0.05, 0.1) is 15.2 Å². The predicted octanol–water partition coefficient (Wildman–Crippen LogP) is 4.43. The first-order valence-corrected chi connectivity index (χ1v) is 8.68. The molecule has 1 amide bonds. The molecule has 0 spiro atoms. The molecule has 0 aliphatic rings. The Morgan fingerprint density at radius 1 is 1.32 bits per heavy atom. The average molecular weight is 316 g/mol. The Balaban J connectivity index is 1.76. The topological polar surface area (TPSA) is 33.2 Å². The summed E-state index contributed by atoms with van der Waals surface area (Å²) in [7, 11) is 0. The molecule has 0 bridgehead atoms. The van der Waals surface area contributed by atoms with Crippen molar-refractivity contribution in [2.45, 2.75) is 39.5 Å². The van der Waals surface area contributed by atoms with Gasteiger partial charge in [-0.3, -0.25) is 4.79 Å². The normalized spacial score (nSPS) is 10.8. The molecular formula is C18H24N2OS. The van der Waals surface area contributed by atoms with Crippen LogP contribution in [0.15, 0.2) is 36.4 Å². The van der Waals surface area contributed by atoms with Gasteiger partial charge in [0, 0.05) is 19.5 Å². The molecule has 1 heterocycles. The Kier molecular flexibility index (Phi) is 6.13. The van der Waals surface area contributed by atoms with Gasteiger partial charge in [-0.25, -0.2) is 4.98 Å². The van der Waals surface area contributed by atoms with Crippen molar-refractivity contribution in [2.24, 2.45) is 0 Å². The van der Waals surface area contributed by atoms with Crippen molar-refractivity contribution in [2.75, 3.05) is 13.1 Å². The number of hydrogen-bond acceptors (Lipinski definition) is 3. The number of amides is 1. The number of unbranched alkanes of at least 4 members (excludes halogenated alkanes) is 1. The third-order valence-corrected chi connectivity index (χ3v) is 4.66. The molecule has 0 aliphatic carbocycles. The summed E-state index contributed by atoms with van der Waals surface area (Å²) in [5, 5.41) is 1.17. The van der Waals surface area contributed by atoms with Crippen LogP contribution in [0.5, 0.6) is 0 Å². The van der Waals surface area contributed by atoms with Crippen LogP contribution < -0.4 is 0 Å². The molecule has 4 heteroatoms. The number of likely N-dealkylation sites (N-methyl/N-ethyl adjacent to an activating group) is 1. The summed E-state index contributed by atoms with van der Waals surface area (Å²) in [5.41, 5.74) is 2.11. The fourth-order valence-corrected chi connectivity index (χ4v) is 3.45. The number of thiazole rings is 1. The van der Waals surface area contributed by atoms with Crippen LogP contribution in [-0.2, 0) is 11.2 Å². The molecule has 1 aromatic heterocycles. The quantitative estimate of drug-likeness (QED) is 0.533. The lowest BCUT2D eigenvalue weighted by atomic mass is 10.1. The molecule has 2 aromatic rings. The van der Waals surface area contributed by atoms with E-state index in [1.54, 1.807) is 11.3 Å². The Labute approximate surface area is 136 Å². The molecule has 0 N–H and O–H groups in total. The number of para-hydroxylation sites is 1. The van der Waals surface area contributed by atoms with Crippen LogP contribution in [0.3, 0.4) is 0 Å². The maximum absolute atomic E-state index is 12.1. The minimum Gasteiger partial charge on any atom is -0.339 e. The van der Waals surface area contributed by atoms with E-state index in [1.165, 1.54) is 9.71 Å². The Hall–Kier alpha value is -1.68. The number of carbonyl (C=O) groups is 1. The summed E-state index contributed by atoms with van der Waals surface area (Å²) in [5.74, 6) is 0.231. The van der Waals surface area contributed by atoms with Crippen LogP contribution >= 0.6 is 11.3 Å². The smallest absolute Gasteiger partial charge is 0.222 e. The summed E-state index contributed by atoms with van der Waals surface area (Å²) >= 11 is 1.76. The fraction of sp³-hybridized carbons (Fsp3) is 0.444. The molecule has 118 valence electrons. The maximum Gasteiger partial charge on any atom is 0.222 e. The molecule has 0 aliphatic heterocycles. The fourth-order valence-electron chi connectivity index (χ4n) is 2.44. The van der Waals surface area contributed by atoms with Gasteiger partial charge in [-0.05, 0) is 45.2 Å². The summed E-state index contributed by atoms with van der Waals surface area (Å²) in [6, 6.07) is 8.22. The van der Waals surface area contributed by atoms with E-state index < -0.39 is 0 Å². The zero-order chi connectivity index (χ0) is 15.9. The number of carbonyl (C=O) groups excluding carboxylic acids is 1. The van der Waals surface area contributed by atoms with E-state index in [9.17, 15) is 4.79 Å². The van der Waals surface area contributed by atoms with Gasteiger partial charge in [-0.15, -0.1) is 11.3 Å². The lowest BCUT2D eigenvalue weighted by Crippen LogP contribution is -2.31.